The van der Waals surface area contributed by atoms with Crippen molar-refractivity contribution in [1.82, 2.24) is 20.3 Å². The van der Waals surface area contributed by atoms with E-state index in [0.29, 0.717) is 81.9 Å². The van der Waals surface area contributed by atoms with Crippen LogP contribution in [0.25, 0.3) is 0 Å². The minimum atomic E-state index is -0.138. The molecule has 2 aromatic carbocycles. The second kappa shape index (κ2) is 18.5. The SMILES string of the molecule is O=C(NCCOCCOCCNc1nc(NCCc2ccc(O)c(O)c2)nc(NC2CCCCCCC2)n1)c1ccccc1. The monoisotopic (exact) mass is 607 g/mol. The lowest BCUT2D eigenvalue weighted by atomic mass is 9.97. The van der Waals surface area contributed by atoms with E-state index in [1.165, 1.54) is 38.2 Å². The van der Waals surface area contributed by atoms with E-state index in [0.717, 1.165) is 18.4 Å². The van der Waals surface area contributed by atoms with Gasteiger partial charge in [-0.1, -0.05) is 56.4 Å². The van der Waals surface area contributed by atoms with Crippen molar-refractivity contribution in [2.45, 2.75) is 57.4 Å². The van der Waals surface area contributed by atoms with Gasteiger partial charge in [0, 0.05) is 31.2 Å². The number of ether oxygens (including phenoxy) is 2. The van der Waals surface area contributed by atoms with E-state index in [2.05, 4.69) is 36.2 Å². The molecule has 0 saturated heterocycles. The molecule has 12 heteroatoms. The van der Waals surface area contributed by atoms with Crippen LogP contribution in [0.2, 0.25) is 0 Å². The lowest BCUT2D eigenvalue weighted by Gasteiger charge is -2.21. The summed E-state index contributed by atoms with van der Waals surface area (Å²) in [4.78, 5) is 25.8. The molecule has 12 nitrogen and oxygen atoms in total. The van der Waals surface area contributed by atoms with Crippen LogP contribution in [-0.4, -0.2) is 83.2 Å². The zero-order chi connectivity index (χ0) is 30.8. The first kappa shape index (κ1) is 32.7. The molecule has 44 heavy (non-hydrogen) atoms. The number of phenolic OH excluding ortho intramolecular Hbond substituents is 2. The first-order valence-corrected chi connectivity index (χ1v) is 15.6. The van der Waals surface area contributed by atoms with E-state index >= 15 is 0 Å². The van der Waals surface area contributed by atoms with E-state index in [4.69, 9.17) is 9.47 Å². The Labute approximate surface area is 259 Å². The third kappa shape index (κ3) is 11.8. The Hall–Kier alpha value is -4.16. The molecule has 1 aliphatic rings. The van der Waals surface area contributed by atoms with Crippen molar-refractivity contribution >= 4 is 23.8 Å². The van der Waals surface area contributed by atoms with Crippen molar-refractivity contribution in [3.63, 3.8) is 0 Å². The Kier molecular flexibility index (Phi) is 13.8. The largest absolute Gasteiger partial charge is 0.504 e. The minimum Gasteiger partial charge on any atom is -0.504 e. The highest BCUT2D eigenvalue weighted by Crippen LogP contribution is 2.25. The average Bonchev–Trinajstić information content (AvgIpc) is 3.01. The Balaban J connectivity index is 1.19. The molecule has 1 saturated carbocycles. The molecule has 1 aliphatic carbocycles. The van der Waals surface area contributed by atoms with Gasteiger partial charge in [0.25, 0.3) is 5.91 Å². The van der Waals surface area contributed by atoms with E-state index in [1.54, 1.807) is 24.3 Å². The van der Waals surface area contributed by atoms with Crippen LogP contribution in [-0.2, 0) is 15.9 Å². The minimum absolute atomic E-state index is 0.117. The van der Waals surface area contributed by atoms with Crippen molar-refractivity contribution in [2.75, 3.05) is 62.0 Å². The van der Waals surface area contributed by atoms with Gasteiger partial charge in [-0.3, -0.25) is 4.79 Å². The zero-order valence-corrected chi connectivity index (χ0v) is 25.3. The summed E-state index contributed by atoms with van der Waals surface area (Å²) in [5.41, 5.74) is 1.51. The summed E-state index contributed by atoms with van der Waals surface area (Å²) in [7, 11) is 0. The normalized spacial score (nSPS) is 13.9. The Morgan fingerprint density at radius 1 is 0.727 bits per heavy atom. The second-order valence-electron chi connectivity index (χ2n) is 10.8. The summed E-state index contributed by atoms with van der Waals surface area (Å²) in [5.74, 6) is 1.04. The lowest BCUT2D eigenvalue weighted by Crippen LogP contribution is -2.27. The molecule has 6 N–H and O–H groups in total. The summed E-state index contributed by atoms with van der Waals surface area (Å²) in [6.45, 7) is 3.18. The number of carbonyl (C=O) groups is 1. The van der Waals surface area contributed by atoms with Crippen LogP contribution in [0.3, 0.4) is 0 Å². The van der Waals surface area contributed by atoms with Crippen molar-refractivity contribution in [3.05, 3.63) is 59.7 Å². The first-order valence-electron chi connectivity index (χ1n) is 15.6. The molecule has 4 rings (SSSR count). The third-order valence-corrected chi connectivity index (χ3v) is 7.28. The Morgan fingerprint density at radius 3 is 2.07 bits per heavy atom. The molecule has 0 atom stereocenters. The highest BCUT2D eigenvalue weighted by molar-refractivity contribution is 5.94. The van der Waals surface area contributed by atoms with Gasteiger partial charge in [0.05, 0.1) is 26.4 Å². The van der Waals surface area contributed by atoms with Crippen LogP contribution in [0.5, 0.6) is 11.5 Å². The van der Waals surface area contributed by atoms with Gasteiger partial charge in [0.2, 0.25) is 17.8 Å². The van der Waals surface area contributed by atoms with Gasteiger partial charge in [-0.15, -0.1) is 0 Å². The van der Waals surface area contributed by atoms with E-state index < -0.39 is 0 Å². The van der Waals surface area contributed by atoms with Crippen molar-refractivity contribution in [1.29, 1.82) is 0 Å². The molecule has 0 radical (unpaired) electrons. The van der Waals surface area contributed by atoms with E-state index in [-0.39, 0.29) is 17.4 Å². The van der Waals surface area contributed by atoms with Crippen LogP contribution in [0.4, 0.5) is 17.8 Å². The van der Waals surface area contributed by atoms with Gasteiger partial charge >= 0.3 is 0 Å². The molecule has 0 spiro atoms. The number of anilines is 3. The highest BCUT2D eigenvalue weighted by atomic mass is 16.5. The summed E-state index contributed by atoms with van der Waals surface area (Å²) in [5, 5.41) is 32.2. The Morgan fingerprint density at radius 2 is 1.36 bits per heavy atom. The summed E-state index contributed by atoms with van der Waals surface area (Å²) in [6, 6.07) is 14.2. The maximum atomic E-state index is 12.0. The molecule has 3 aromatic rings. The number of benzene rings is 2. The highest BCUT2D eigenvalue weighted by Gasteiger charge is 2.14. The number of hydrogen-bond donors (Lipinski definition) is 6. The van der Waals surface area contributed by atoms with Gasteiger partial charge in [-0.25, -0.2) is 0 Å². The molecule has 0 unspecified atom stereocenters. The molecule has 0 aliphatic heterocycles. The number of nitrogens with zero attached hydrogens (tertiary/aromatic N) is 3. The predicted octanol–water partition coefficient (Wildman–Crippen LogP) is 4.34. The van der Waals surface area contributed by atoms with Gasteiger partial charge in [0.1, 0.15) is 0 Å². The molecule has 1 fully saturated rings. The number of phenols is 2. The maximum absolute atomic E-state index is 12.0. The molecular weight excluding hydrogens is 562 g/mol. The molecule has 0 bridgehead atoms. The van der Waals surface area contributed by atoms with Crippen LogP contribution in [0.1, 0.15) is 60.9 Å². The molecular formula is C32H45N7O5. The topological polar surface area (TPSA) is 163 Å². The molecule has 1 aromatic heterocycles. The number of hydrogen-bond acceptors (Lipinski definition) is 11. The average molecular weight is 608 g/mol. The van der Waals surface area contributed by atoms with Gasteiger partial charge < -0.3 is 41.0 Å². The van der Waals surface area contributed by atoms with Crippen molar-refractivity contribution in [3.8, 4) is 11.5 Å². The zero-order valence-electron chi connectivity index (χ0n) is 25.3. The molecule has 1 amide bonds. The summed E-state index contributed by atoms with van der Waals surface area (Å²) in [6.07, 6.45) is 9.02. The van der Waals surface area contributed by atoms with Crippen LogP contribution in [0.15, 0.2) is 48.5 Å². The fraction of sp³-hybridized carbons (Fsp3) is 0.500. The van der Waals surface area contributed by atoms with Gasteiger partial charge in [0.15, 0.2) is 11.5 Å². The van der Waals surface area contributed by atoms with Crippen LogP contribution >= 0.6 is 0 Å². The van der Waals surface area contributed by atoms with Crippen molar-refractivity contribution in [2.24, 2.45) is 0 Å². The maximum Gasteiger partial charge on any atom is 0.251 e. The quantitative estimate of drug-likeness (QED) is 0.0956. The summed E-state index contributed by atoms with van der Waals surface area (Å²) < 4.78 is 11.2. The van der Waals surface area contributed by atoms with Gasteiger partial charge in [-0.05, 0) is 49.1 Å². The first-order chi connectivity index (χ1) is 21.6. The number of rotatable bonds is 17. The predicted molar refractivity (Wildman–Crippen MR) is 170 cm³/mol. The summed E-state index contributed by atoms with van der Waals surface area (Å²) >= 11 is 0. The van der Waals surface area contributed by atoms with E-state index in [9.17, 15) is 15.0 Å². The number of amides is 1. The molecule has 238 valence electrons. The lowest BCUT2D eigenvalue weighted by molar-refractivity contribution is 0.0519. The number of aromatic hydroxyl groups is 2. The fourth-order valence-corrected chi connectivity index (χ4v) is 4.91. The van der Waals surface area contributed by atoms with Gasteiger partial charge in [-0.2, -0.15) is 15.0 Å². The standard InChI is InChI=1S/C32H45N7O5/c40-27-14-13-24(23-28(27)41)15-16-34-30-37-31(39-32(38-30)36-26-11-7-2-1-3-8-12-26)35-18-20-44-22-21-43-19-17-33-29(42)25-9-5-4-6-10-25/h4-6,9-10,13-14,23,26,40-41H,1-3,7-8,11-12,15-22H2,(H,33,42)(H3,34,35,36,37,38,39). The van der Waals surface area contributed by atoms with Crippen LogP contribution in [0, 0.1) is 0 Å². The number of aromatic nitrogens is 3. The van der Waals surface area contributed by atoms with Crippen LogP contribution < -0.4 is 21.3 Å². The third-order valence-electron chi connectivity index (χ3n) is 7.28. The Bertz CT molecular complexity index is 1270. The molecule has 1 heterocycles. The number of nitrogens with one attached hydrogen (secondary N) is 4. The number of carbonyl (C=O) groups excluding carboxylic acids is 1. The second-order valence-corrected chi connectivity index (χ2v) is 10.8. The fourth-order valence-electron chi connectivity index (χ4n) is 4.91. The van der Waals surface area contributed by atoms with Crippen molar-refractivity contribution < 1.29 is 24.5 Å². The van der Waals surface area contributed by atoms with E-state index in [1.807, 2.05) is 18.2 Å². The smallest absolute Gasteiger partial charge is 0.251 e.